The maximum absolute atomic E-state index is 5.52. The van der Waals surface area contributed by atoms with Crippen LogP contribution in [0.25, 0.3) is 0 Å². The van der Waals surface area contributed by atoms with Crippen molar-refractivity contribution in [2.75, 3.05) is 13.2 Å². The van der Waals surface area contributed by atoms with E-state index in [9.17, 15) is 0 Å². The molecular weight excluding hydrogens is 193 g/mol. The summed E-state index contributed by atoms with van der Waals surface area (Å²) in [5, 5.41) is 1.33. The Balaban J connectivity index is 1.96. The second kappa shape index (κ2) is 6.10. The van der Waals surface area contributed by atoms with Crippen molar-refractivity contribution in [2.45, 2.75) is 37.0 Å². The van der Waals surface area contributed by atoms with Gasteiger partial charge in [0.1, 0.15) is 0 Å². The summed E-state index contributed by atoms with van der Waals surface area (Å²) >= 11 is 1.38. The van der Waals surface area contributed by atoms with Gasteiger partial charge < -0.3 is 0 Å². The average Bonchev–Trinajstić information content (AvgIpc) is 2.07. The first-order valence-electron chi connectivity index (χ1n) is 4.46. The van der Waals surface area contributed by atoms with Crippen molar-refractivity contribution in [1.82, 2.24) is 0 Å². The Labute approximate surface area is 78.3 Å². The van der Waals surface area contributed by atoms with Gasteiger partial charge in [0.25, 0.3) is 0 Å². The summed E-state index contributed by atoms with van der Waals surface area (Å²) in [5.74, 6) is 0. The van der Waals surface area contributed by atoms with Crippen LogP contribution in [0.15, 0.2) is 0 Å². The van der Waals surface area contributed by atoms with Gasteiger partial charge in [0.2, 0.25) is 0 Å². The Morgan fingerprint density at radius 3 is 3.00 bits per heavy atom. The molecule has 1 aliphatic heterocycles. The Morgan fingerprint density at radius 2 is 2.36 bits per heavy atom. The standard InChI is InChI=1S/C8H15O2.Zn/c1-2-6-9-8-5-3-4-7-10-8;/h8H,1-7H2;. The zero-order valence-electron chi connectivity index (χ0n) is 7.05. The third-order valence-corrected chi connectivity index (χ3v) is 2.89. The zero-order chi connectivity index (χ0) is 7.94. The van der Waals surface area contributed by atoms with Crippen LogP contribution >= 0.6 is 0 Å². The van der Waals surface area contributed by atoms with Crippen molar-refractivity contribution in [3.05, 3.63) is 0 Å². The van der Waals surface area contributed by atoms with Crippen LogP contribution < -0.4 is 0 Å². The molecule has 11 heavy (non-hydrogen) atoms. The molecule has 0 aromatic rings. The molecule has 0 aromatic carbocycles. The Kier molecular flexibility index (Phi) is 5.34. The first-order valence-corrected chi connectivity index (χ1v) is 6.56. The van der Waals surface area contributed by atoms with E-state index in [1.807, 2.05) is 0 Å². The molecule has 0 radical (unpaired) electrons. The molecular formula is C8H15O2Zn. The second-order valence-corrected chi connectivity index (χ2v) is 4.36. The molecule has 1 unspecified atom stereocenters. The van der Waals surface area contributed by atoms with Crippen molar-refractivity contribution >= 4 is 0 Å². The van der Waals surface area contributed by atoms with Crippen LogP contribution in [0.3, 0.4) is 0 Å². The van der Waals surface area contributed by atoms with Crippen LogP contribution in [0.1, 0.15) is 25.7 Å². The van der Waals surface area contributed by atoms with Crippen molar-refractivity contribution in [3.63, 3.8) is 0 Å². The molecule has 1 aliphatic rings. The number of hydrogen-bond acceptors (Lipinski definition) is 2. The van der Waals surface area contributed by atoms with Crippen molar-refractivity contribution < 1.29 is 27.8 Å². The maximum atomic E-state index is 5.52. The summed E-state index contributed by atoms with van der Waals surface area (Å²) in [6.45, 7) is 1.79. The predicted molar refractivity (Wildman–Crippen MR) is 39.0 cm³/mol. The normalized spacial score (nSPS) is 25.5. The van der Waals surface area contributed by atoms with E-state index < -0.39 is 0 Å². The third-order valence-electron chi connectivity index (χ3n) is 1.84. The molecule has 1 heterocycles. The molecule has 0 amide bonds. The SMILES string of the molecule is [Zn][CH2]CCOC1CCCCO1. The number of ether oxygens (including phenoxy) is 2. The Bertz CT molecular complexity index is 92.1. The van der Waals surface area contributed by atoms with Gasteiger partial charge in [0.05, 0.1) is 0 Å². The summed E-state index contributed by atoms with van der Waals surface area (Å²) in [4.78, 5) is 0. The summed E-state index contributed by atoms with van der Waals surface area (Å²) in [5.41, 5.74) is 0. The van der Waals surface area contributed by atoms with Gasteiger partial charge in [-0.25, -0.2) is 0 Å². The predicted octanol–water partition coefficient (Wildman–Crippen LogP) is 1.88. The monoisotopic (exact) mass is 207 g/mol. The molecule has 3 heteroatoms. The molecule has 1 rings (SSSR count). The van der Waals surface area contributed by atoms with E-state index in [2.05, 4.69) is 0 Å². The van der Waals surface area contributed by atoms with E-state index in [-0.39, 0.29) is 6.29 Å². The second-order valence-electron chi connectivity index (χ2n) is 2.87. The first kappa shape index (κ1) is 9.63. The number of hydrogen-bond donors (Lipinski definition) is 0. The Morgan fingerprint density at radius 1 is 1.45 bits per heavy atom. The molecule has 0 spiro atoms. The van der Waals surface area contributed by atoms with Crippen LogP contribution in [0.4, 0.5) is 0 Å². The van der Waals surface area contributed by atoms with Crippen molar-refractivity contribution in [1.29, 1.82) is 0 Å². The fourth-order valence-electron chi connectivity index (χ4n) is 1.16. The summed E-state index contributed by atoms with van der Waals surface area (Å²) in [7, 11) is 0. The van der Waals surface area contributed by atoms with Gasteiger partial charge in [0.15, 0.2) is 0 Å². The van der Waals surface area contributed by atoms with Crippen LogP contribution in [-0.2, 0) is 27.8 Å². The van der Waals surface area contributed by atoms with E-state index in [1.54, 1.807) is 0 Å². The van der Waals surface area contributed by atoms with E-state index >= 15 is 0 Å². The van der Waals surface area contributed by atoms with Crippen LogP contribution in [0.5, 0.6) is 0 Å². The molecule has 2 nitrogen and oxygen atoms in total. The summed E-state index contributed by atoms with van der Waals surface area (Å²) in [6, 6.07) is 0. The Hall–Kier alpha value is 0.543. The van der Waals surface area contributed by atoms with Crippen molar-refractivity contribution in [2.24, 2.45) is 0 Å². The quantitative estimate of drug-likeness (QED) is 0.519. The molecule has 1 fully saturated rings. The molecule has 0 N–H and O–H groups in total. The molecule has 0 aliphatic carbocycles. The topological polar surface area (TPSA) is 18.5 Å². The van der Waals surface area contributed by atoms with Gasteiger partial charge >= 0.3 is 78.0 Å². The van der Waals surface area contributed by atoms with Gasteiger partial charge in [-0.15, -0.1) is 0 Å². The molecule has 0 saturated carbocycles. The third kappa shape index (κ3) is 4.20. The fraction of sp³-hybridized carbons (Fsp3) is 1.00. The molecule has 0 bridgehead atoms. The van der Waals surface area contributed by atoms with Gasteiger partial charge in [-0.1, -0.05) is 0 Å². The van der Waals surface area contributed by atoms with Gasteiger partial charge in [-0.2, -0.15) is 0 Å². The summed E-state index contributed by atoms with van der Waals surface area (Å²) < 4.78 is 10.9. The van der Waals surface area contributed by atoms with Crippen molar-refractivity contribution in [3.8, 4) is 0 Å². The molecule has 61 valence electrons. The first-order chi connectivity index (χ1) is 5.43. The van der Waals surface area contributed by atoms with E-state index in [4.69, 9.17) is 9.47 Å². The van der Waals surface area contributed by atoms with Crippen LogP contribution in [0.2, 0.25) is 5.02 Å². The minimum absolute atomic E-state index is 0.121. The molecule has 1 saturated heterocycles. The van der Waals surface area contributed by atoms with Crippen LogP contribution in [-0.4, -0.2) is 19.5 Å². The van der Waals surface area contributed by atoms with Gasteiger partial charge in [0, 0.05) is 0 Å². The molecule has 1 atom stereocenters. The molecule has 0 aromatic heterocycles. The fourth-order valence-corrected chi connectivity index (χ4v) is 1.59. The van der Waals surface area contributed by atoms with E-state index in [1.165, 1.54) is 42.6 Å². The van der Waals surface area contributed by atoms with Gasteiger partial charge in [-0.3, -0.25) is 0 Å². The minimum atomic E-state index is 0.121. The average molecular weight is 209 g/mol. The number of rotatable bonds is 4. The summed E-state index contributed by atoms with van der Waals surface area (Å²) in [6.07, 6.45) is 4.90. The van der Waals surface area contributed by atoms with Gasteiger partial charge in [-0.05, 0) is 0 Å². The van der Waals surface area contributed by atoms with Crippen LogP contribution in [0, 0.1) is 0 Å². The van der Waals surface area contributed by atoms with E-state index in [0.29, 0.717) is 0 Å². The van der Waals surface area contributed by atoms with E-state index in [0.717, 1.165) is 19.6 Å². The zero-order valence-corrected chi connectivity index (χ0v) is 10.0.